The summed E-state index contributed by atoms with van der Waals surface area (Å²) in [6, 6.07) is 13.1. The number of carbonyl (C=O) groups excluding carboxylic acids is 2. The molecule has 0 bridgehead atoms. The molecule has 5 nitrogen and oxygen atoms in total. The molecule has 0 aromatic heterocycles. The Morgan fingerprint density at radius 1 is 1.25 bits per heavy atom. The zero-order valence-corrected chi connectivity index (χ0v) is 16.7. The van der Waals surface area contributed by atoms with Crippen LogP contribution in [0.1, 0.15) is 24.9 Å². The molecule has 2 amide bonds. The van der Waals surface area contributed by atoms with E-state index >= 15 is 0 Å². The van der Waals surface area contributed by atoms with Crippen molar-refractivity contribution < 1.29 is 23.1 Å². The first-order chi connectivity index (χ1) is 13.3. The van der Waals surface area contributed by atoms with E-state index in [-0.39, 0.29) is 30.5 Å². The van der Waals surface area contributed by atoms with Crippen molar-refractivity contribution in [3.63, 3.8) is 0 Å². The summed E-state index contributed by atoms with van der Waals surface area (Å²) in [5.41, 5.74) is 1.37. The van der Waals surface area contributed by atoms with E-state index < -0.39 is 18.6 Å². The van der Waals surface area contributed by atoms with Crippen molar-refractivity contribution in [2.45, 2.75) is 26.0 Å². The van der Waals surface area contributed by atoms with Gasteiger partial charge in [0.25, 0.3) is 0 Å². The number of alkyl halides is 2. The number of hydrogen-bond donors (Lipinski definition) is 1. The third kappa shape index (κ3) is 4.67. The first-order valence-corrected chi connectivity index (χ1v) is 9.54. The Hall–Kier alpha value is -2.48. The summed E-state index contributed by atoms with van der Waals surface area (Å²) in [5.74, 6) is -0.824. The summed E-state index contributed by atoms with van der Waals surface area (Å²) in [5, 5.41) is 2.85. The van der Waals surface area contributed by atoms with Crippen molar-refractivity contribution in [1.29, 1.82) is 0 Å². The number of amides is 2. The van der Waals surface area contributed by atoms with Crippen LogP contribution in [0, 0.1) is 5.92 Å². The minimum Gasteiger partial charge on any atom is -0.435 e. The Kier molecular flexibility index (Phi) is 6.28. The quantitative estimate of drug-likeness (QED) is 0.711. The number of halogens is 3. The summed E-state index contributed by atoms with van der Waals surface area (Å²) >= 11 is 3.43. The van der Waals surface area contributed by atoms with Crippen molar-refractivity contribution in [1.82, 2.24) is 5.32 Å². The van der Waals surface area contributed by atoms with Crippen molar-refractivity contribution in [3.8, 4) is 5.75 Å². The second-order valence-corrected chi connectivity index (χ2v) is 7.39. The molecule has 2 aromatic rings. The molecule has 2 atom stereocenters. The molecule has 0 saturated carbocycles. The van der Waals surface area contributed by atoms with E-state index in [2.05, 4.69) is 26.0 Å². The van der Waals surface area contributed by atoms with Gasteiger partial charge in [-0.1, -0.05) is 24.3 Å². The summed E-state index contributed by atoms with van der Waals surface area (Å²) in [6.45, 7) is -0.871. The van der Waals surface area contributed by atoms with Crippen LogP contribution in [0.25, 0.3) is 0 Å². The van der Waals surface area contributed by atoms with Gasteiger partial charge in [-0.05, 0) is 52.7 Å². The third-order valence-corrected chi connectivity index (χ3v) is 5.25. The number of nitrogens with zero attached hydrogens (tertiary/aromatic N) is 1. The number of carbonyl (C=O) groups is 2. The lowest BCUT2D eigenvalue weighted by Crippen LogP contribution is -2.34. The number of rotatable bonds is 6. The summed E-state index contributed by atoms with van der Waals surface area (Å²) < 4.78 is 29.9. The maximum atomic E-state index is 12.6. The molecule has 0 aliphatic carbocycles. The molecular weight excluding hydrogens is 434 g/mol. The lowest BCUT2D eigenvalue weighted by atomic mass is 10.0. The van der Waals surface area contributed by atoms with E-state index in [4.69, 9.17) is 0 Å². The zero-order chi connectivity index (χ0) is 20.3. The topological polar surface area (TPSA) is 58.6 Å². The fourth-order valence-corrected chi connectivity index (χ4v) is 3.66. The van der Waals surface area contributed by atoms with Gasteiger partial charge in [0.2, 0.25) is 11.8 Å². The van der Waals surface area contributed by atoms with Gasteiger partial charge in [0.05, 0.1) is 17.6 Å². The Labute approximate surface area is 169 Å². The first kappa shape index (κ1) is 20.3. The van der Waals surface area contributed by atoms with Crippen molar-refractivity contribution >= 4 is 33.4 Å². The number of ether oxygens (including phenoxy) is 1. The minimum atomic E-state index is -2.91. The first-order valence-electron chi connectivity index (χ1n) is 8.75. The van der Waals surface area contributed by atoms with Gasteiger partial charge in [-0.25, -0.2) is 0 Å². The smallest absolute Gasteiger partial charge is 0.387 e. The summed E-state index contributed by atoms with van der Waals surface area (Å²) in [6.07, 6.45) is 0.119. The van der Waals surface area contributed by atoms with E-state index in [1.54, 1.807) is 24.0 Å². The molecule has 2 unspecified atom stereocenters. The van der Waals surface area contributed by atoms with Crippen molar-refractivity contribution in [2.24, 2.45) is 5.92 Å². The predicted molar refractivity (Wildman–Crippen MR) is 104 cm³/mol. The molecule has 1 saturated heterocycles. The number of para-hydroxylation sites is 1. The van der Waals surface area contributed by atoms with Crippen LogP contribution in [0.15, 0.2) is 53.0 Å². The molecule has 8 heteroatoms. The molecule has 1 N–H and O–H groups in total. The van der Waals surface area contributed by atoms with Gasteiger partial charge in [-0.15, -0.1) is 0 Å². The van der Waals surface area contributed by atoms with Gasteiger partial charge in [0.15, 0.2) is 0 Å². The van der Waals surface area contributed by atoms with Crippen LogP contribution in [-0.2, 0) is 9.59 Å². The molecule has 0 radical (unpaired) electrons. The maximum absolute atomic E-state index is 12.6. The Morgan fingerprint density at radius 2 is 2.00 bits per heavy atom. The second-order valence-electron chi connectivity index (χ2n) is 6.54. The van der Waals surface area contributed by atoms with Crippen LogP contribution in [0.3, 0.4) is 0 Å². The summed E-state index contributed by atoms with van der Waals surface area (Å²) in [7, 11) is 0. The molecule has 28 heavy (non-hydrogen) atoms. The third-order valence-electron chi connectivity index (χ3n) is 4.58. The van der Waals surface area contributed by atoms with E-state index in [1.165, 1.54) is 12.1 Å². The molecule has 148 valence electrons. The van der Waals surface area contributed by atoms with Crippen LogP contribution in [-0.4, -0.2) is 25.0 Å². The highest BCUT2D eigenvalue weighted by atomic mass is 79.9. The highest BCUT2D eigenvalue weighted by Crippen LogP contribution is 2.31. The van der Waals surface area contributed by atoms with Crippen molar-refractivity contribution in [3.05, 3.63) is 58.6 Å². The van der Waals surface area contributed by atoms with Gasteiger partial charge in [-0.3, -0.25) is 9.59 Å². The Balaban J connectivity index is 1.65. The van der Waals surface area contributed by atoms with Gasteiger partial charge < -0.3 is 15.0 Å². The monoisotopic (exact) mass is 452 g/mol. The fraction of sp³-hybridized carbons (Fsp3) is 0.300. The van der Waals surface area contributed by atoms with Gasteiger partial charge in [0.1, 0.15) is 5.75 Å². The molecule has 1 heterocycles. The van der Waals surface area contributed by atoms with Crippen molar-refractivity contribution in [2.75, 3.05) is 11.4 Å². The lowest BCUT2D eigenvalue weighted by Gasteiger charge is -2.20. The molecule has 2 aromatic carbocycles. The molecule has 3 rings (SSSR count). The van der Waals surface area contributed by atoms with Gasteiger partial charge in [0, 0.05) is 17.4 Å². The number of anilines is 1. The second kappa shape index (κ2) is 8.68. The van der Waals surface area contributed by atoms with E-state index in [1.807, 2.05) is 24.3 Å². The van der Waals surface area contributed by atoms with Crippen LogP contribution < -0.4 is 15.0 Å². The number of nitrogens with one attached hydrogen (secondary N) is 1. The van der Waals surface area contributed by atoms with Crippen LogP contribution in [0.4, 0.5) is 14.5 Å². The normalized spacial score (nSPS) is 17.7. The molecule has 1 fully saturated rings. The SMILES string of the molecule is CC(NC(=O)C1CC(=O)N(c2ccccc2Br)C1)c1cccc(OC(F)F)c1. The Morgan fingerprint density at radius 3 is 2.71 bits per heavy atom. The maximum Gasteiger partial charge on any atom is 0.387 e. The molecular formula is C20H19BrF2N2O3. The van der Waals surface area contributed by atoms with Crippen LogP contribution >= 0.6 is 15.9 Å². The molecule has 0 spiro atoms. The average molecular weight is 453 g/mol. The van der Waals surface area contributed by atoms with Crippen LogP contribution in [0.2, 0.25) is 0 Å². The summed E-state index contributed by atoms with van der Waals surface area (Å²) in [4.78, 5) is 26.6. The minimum absolute atomic E-state index is 0.0322. The Bertz CT molecular complexity index is 878. The van der Waals surface area contributed by atoms with E-state index in [0.29, 0.717) is 5.56 Å². The largest absolute Gasteiger partial charge is 0.435 e. The number of benzene rings is 2. The van der Waals surface area contributed by atoms with Crippen LogP contribution in [0.5, 0.6) is 5.75 Å². The van der Waals surface area contributed by atoms with E-state index in [0.717, 1.165) is 10.2 Å². The average Bonchev–Trinajstić information content (AvgIpc) is 3.03. The van der Waals surface area contributed by atoms with Gasteiger partial charge in [-0.2, -0.15) is 8.78 Å². The highest BCUT2D eigenvalue weighted by Gasteiger charge is 2.36. The molecule has 1 aliphatic heterocycles. The fourth-order valence-electron chi connectivity index (χ4n) is 3.16. The van der Waals surface area contributed by atoms with Gasteiger partial charge >= 0.3 is 6.61 Å². The zero-order valence-electron chi connectivity index (χ0n) is 15.1. The van der Waals surface area contributed by atoms with E-state index in [9.17, 15) is 18.4 Å². The number of hydrogen-bond acceptors (Lipinski definition) is 3. The lowest BCUT2D eigenvalue weighted by molar-refractivity contribution is -0.126. The molecule has 1 aliphatic rings. The highest BCUT2D eigenvalue weighted by molar-refractivity contribution is 9.10. The standard InChI is InChI=1S/C20H19BrF2N2O3/c1-12(13-5-4-6-15(9-13)28-20(22)23)24-19(27)14-10-18(26)25(11-14)17-8-3-2-7-16(17)21/h2-9,12,14,20H,10-11H2,1H3,(H,24,27). The predicted octanol–water partition coefficient (Wildman–Crippen LogP) is 4.28.